The van der Waals surface area contributed by atoms with Gasteiger partial charge < -0.3 is 20.1 Å². The number of anilines is 3. The number of hydrogen-bond donors (Lipinski definition) is 2. The first-order chi connectivity index (χ1) is 10.3. The molecule has 0 unspecified atom stereocenters. The number of hydrogen-bond acceptors (Lipinski definition) is 6. The lowest BCUT2D eigenvalue weighted by atomic mass is 10.3. The number of benzene rings is 1. The van der Waals surface area contributed by atoms with Crippen molar-refractivity contribution in [2.24, 2.45) is 0 Å². The summed E-state index contributed by atoms with van der Waals surface area (Å²) in [5, 5.41) is 6.67. The van der Waals surface area contributed by atoms with Crippen LogP contribution in [0.5, 0.6) is 11.5 Å². The molecule has 0 bridgehead atoms. The van der Waals surface area contributed by atoms with Crippen LogP contribution in [0.25, 0.3) is 0 Å². The van der Waals surface area contributed by atoms with Crippen LogP contribution in [0.1, 0.15) is 18.7 Å². The molecular formula is C15H16N4O2. The Morgan fingerprint density at radius 3 is 2.71 bits per heavy atom. The van der Waals surface area contributed by atoms with Crippen LogP contribution in [-0.4, -0.2) is 22.8 Å². The first-order valence-electron chi connectivity index (χ1n) is 7.05. The van der Waals surface area contributed by atoms with E-state index in [1.807, 2.05) is 31.2 Å². The molecule has 1 aliphatic carbocycles. The molecule has 0 radical (unpaired) electrons. The van der Waals surface area contributed by atoms with Gasteiger partial charge in [0.05, 0.1) is 0 Å². The van der Waals surface area contributed by atoms with Crippen molar-refractivity contribution in [2.75, 3.05) is 17.4 Å². The lowest BCUT2D eigenvalue weighted by Gasteiger charge is -2.10. The summed E-state index contributed by atoms with van der Waals surface area (Å²) in [5.74, 6) is 3.90. The third kappa shape index (κ3) is 2.69. The van der Waals surface area contributed by atoms with Gasteiger partial charge in [-0.25, -0.2) is 9.97 Å². The van der Waals surface area contributed by atoms with E-state index in [1.54, 1.807) is 0 Å². The van der Waals surface area contributed by atoms with Crippen molar-refractivity contribution in [1.82, 2.24) is 9.97 Å². The first kappa shape index (κ1) is 12.3. The number of rotatable bonds is 4. The largest absolute Gasteiger partial charge is 0.454 e. The summed E-state index contributed by atoms with van der Waals surface area (Å²) in [5.41, 5.74) is 0.912. The molecular weight excluding hydrogens is 268 g/mol. The number of fused-ring (bicyclic) bond motifs is 1. The third-order valence-electron chi connectivity index (χ3n) is 3.41. The molecule has 1 aliphatic heterocycles. The van der Waals surface area contributed by atoms with Gasteiger partial charge in [-0.15, -0.1) is 0 Å². The lowest BCUT2D eigenvalue weighted by molar-refractivity contribution is 0.174. The zero-order valence-corrected chi connectivity index (χ0v) is 11.7. The molecule has 2 heterocycles. The highest BCUT2D eigenvalue weighted by Gasteiger charge is 2.21. The quantitative estimate of drug-likeness (QED) is 0.899. The van der Waals surface area contributed by atoms with Crippen molar-refractivity contribution < 1.29 is 9.47 Å². The average Bonchev–Trinajstić information content (AvgIpc) is 3.13. The van der Waals surface area contributed by atoms with E-state index in [0.717, 1.165) is 34.6 Å². The van der Waals surface area contributed by atoms with Crippen LogP contribution in [0.15, 0.2) is 24.3 Å². The molecule has 1 saturated carbocycles. The number of aromatic nitrogens is 2. The summed E-state index contributed by atoms with van der Waals surface area (Å²) >= 11 is 0. The molecule has 0 saturated heterocycles. The van der Waals surface area contributed by atoms with Crippen LogP contribution in [0.3, 0.4) is 0 Å². The Balaban J connectivity index is 1.56. The second-order valence-electron chi connectivity index (χ2n) is 5.30. The minimum Gasteiger partial charge on any atom is -0.454 e. The molecule has 1 fully saturated rings. The van der Waals surface area contributed by atoms with E-state index in [1.165, 1.54) is 12.8 Å². The fraction of sp³-hybridized carbons (Fsp3) is 0.333. The molecule has 0 amide bonds. The minimum absolute atomic E-state index is 0.279. The smallest absolute Gasteiger partial charge is 0.231 e. The van der Waals surface area contributed by atoms with Gasteiger partial charge in [-0.3, -0.25) is 0 Å². The van der Waals surface area contributed by atoms with E-state index in [-0.39, 0.29) is 6.79 Å². The Kier molecular flexibility index (Phi) is 2.80. The first-order valence-corrected chi connectivity index (χ1v) is 7.05. The monoisotopic (exact) mass is 284 g/mol. The summed E-state index contributed by atoms with van der Waals surface area (Å²) in [6.45, 7) is 2.17. The van der Waals surface area contributed by atoms with E-state index >= 15 is 0 Å². The second-order valence-corrected chi connectivity index (χ2v) is 5.30. The van der Waals surface area contributed by atoms with Gasteiger partial charge in [0.15, 0.2) is 11.5 Å². The van der Waals surface area contributed by atoms with Gasteiger partial charge in [0.2, 0.25) is 6.79 Å². The Labute approximate surface area is 122 Å². The summed E-state index contributed by atoms with van der Waals surface area (Å²) < 4.78 is 10.7. The fourth-order valence-corrected chi connectivity index (χ4v) is 2.26. The maximum atomic E-state index is 5.38. The van der Waals surface area contributed by atoms with Crippen LogP contribution >= 0.6 is 0 Å². The fourth-order valence-electron chi connectivity index (χ4n) is 2.26. The van der Waals surface area contributed by atoms with E-state index in [9.17, 15) is 0 Å². The summed E-state index contributed by atoms with van der Waals surface area (Å²) in [7, 11) is 0. The lowest BCUT2D eigenvalue weighted by Crippen LogP contribution is -2.06. The van der Waals surface area contributed by atoms with E-state index in [0.29, 0.717) is 6.04 Å². The number of nitrogens with one attached hydrogen (secondary N) is 2. The molecule has 0 atom stereocenters. The molecule has 0 spiro atoms. The predicted molar refractivity (Wildman–Crippen MR) is 79.3 cm³/mol. The van der Waals surface area contributed by atoms with Crippen molar-refractivity contribution in [3.63, 3.8) is 0 Å². The molecule has 108 valence electrons. The average molecular weight is 284 g/mol. The Hall–Kier alpha value is -2.50. The highest BCUT2D eigenvalue weighted by Crippen LogP contribution is 2.35. The summed E-state index contributed by atoms with van der Waals surface area (Å²) in [6.07, 6.45) is 2.43. The highest BCUT2D eigenvalue weighted by atomic mass is 16.7. The highest BCUT2D eigenvalue weighted by molar-refractivity contribution is 5.63. The van der Waals surface area contributed by atoms with Crippen LogP contribution in [0.4, 0.5) is 17.3 Å². The normalized spacial score (nSPS) is 15.9. The molecule has 1 aromatic carbocycles. The maximum absolute atomic E-state index is 5.38. The van der Waals surface area contributed by atoms with Crippen LogP contribution in [-0.2, 0) is 0 Å². The van der Waals surface area contributed by atoms with Crippen molar-refractivity contribution in [2.45, 2.75) is 25.8 Å². The molecule has 2 N–H and O–H groups in total. The van der Waals surface area contributed by atoms with Crippen molar-refractivity contribution in [3.05, 3.63) is 30.1 Å². The molecule has 6 nitrogen and oxygen atoms in total. The van der Waals surface area contributed by atoms with Crippen molar-refractivity contribution in [1.29, 1.82) is 0 Å². The van der Waals surface area contributed by atoms with Gasteiger partial charge in [0, 0.05) is 23.9 Å². The number of aryl methyl sites for hydroxylation is 1. The zero-order valence-electron chi connectivity index (χ0n) is 11.7. The number of ether oxygens (including phenoxy) is 2. The Morgan fingerprint density at radius 2 is 1.86 bits per heavy atom. The molecule has 2 aliphatic rings. The predicted octanol–water partition coefficient (Wildman–Crippen LogP) is 2.83. The van der Waals surface area contributed by atoms with E-state index in [2.05, 4.69) is 20.6 Å². The van der Waals surface area contributed by atoms with E-state index < -0.39 is 0 Å². The Morgan fingerprint density at radius 1 is 1.05 bits per heavy atom. The van der Waals surface area contributed by atoms with Gasteiger partial charge in [0.1, 0.15) is 17.5 Å². The third-order valence-corrected chi connectivity index (χ3v) is 3.41. The molecule has 4 rings (SSSR count). The summed E-state index contributed by atoms with van der Waals surface area (Å²) in [4.78, 5) is 8.82. The second kappa shape index (κ2) is 4.80. The maximum Gasteiger partial charge on any atom is 0.231 e. The van der Waals surface area contributed by atoms with Crippen LogP contribution in [0, 0.1) is 6.92 Å². The van der Waals surface area contributed by atoms with Gasteiger partial charge >= 0.3 is 0 Å². The van der Waals surface area contributed by atoms with Crippen molar-refractivity contribution in [3.8, 4) is 11.5 Å². The topological polar surface area (TPSA) is 68.3 Å². The van der Waals surface area contributed by atoms with Gasteiger partial charge in [0.25, 0.3) is 0 Å². The Bertz CT molecular complexity index is 685. The van der Waals surface area contributed by atoms with Crippen LogP contribution < -0.4 is 20.1 Å². The standard InChI is InChI=1S/C15H16N4O2/c1-9-16-14(18-10-2-3-10)7-15(17-9)19-11-4-5-12-13(6-11)21-8-20-12/h4-7,10H,2-3,8H2,1H3,(H2,16,17,18,19). The summed E-state index contributed by atoms with van der Waals surface area (Å²) in [6, 6.07) is 8.24. The SMILES string of the molecule is Cc1nc(Nc2ccc3c(c2)OCO3)cc(NC2CC2)n1. The molecule has 2 aromatic rings. The molecule has 6 heteroatoms. The molecule has 21 heavy (non-hydrogen) atoms. The van der Waals surface area contributed by atoms with Gasteiger partial charge in [-0.2, -0.15) is 0 Å². The van der Waals surface area contributed by atoms with Gasteiger partial charge in [-0.1, -0.05) is 0 Å². The van der Waals surface area contributed by atoms with E-state index in [4.69, 9.17) is 9.47 Å². The zero-order chi connectivity index (χ0) is 14.2. The minimum atomic E-state index is 0.279. The molecule has 1 aromatic heterocycles. The van der Waals surface area contributed by atoms with Crippen molar-refractivity contribution >= 4 is 17.3 Å². The number of nitrogens with zero attached hydrogens (tertiary/aromatic N) is 2. The van der Waals surface area contributed by atoms with Gasteiger partial charge in [-0.05, 0) is 31.9 Å². The van der Waals surface area contributed by atoms with Crippen LogP contribution in [0.2, 0.25) is 0 Å².